The maximum atomic E-state index is 12.0. The number of nitrogens with two attached hydrogens (primary N) is 1. The normalized spacial score (nSPS) is 12.1. The number of carbonyl (C=O) groups is 1. The number of nitrogens with one attached hydrogen (secondary N) is 1. The zero-order chi connectivity index (χ0) is 11.4. The number of halogens is 3. The van der Waals surface area contributed by atoms with E-state index in [0.717, 1.165) is 4.68 Å². The maximum absolute atomic E-state index is 12.0. The van der Waals surface area contributed by atoms with Crippen LogP contribution in [0.25, 0.3) is 0 Å². The second-order valence-corrected chi connectivity index (χ2v) is 3.12. The lowest BCUT2D eigenvalue weighted by molar-refractivity contribution is -0.117. The zero-order valence-electron chi connectivity index (χ0n) is 8.56. The lowest BCUT2D eigenvalue weighted by atomic mass is 10.3. The number of hydrogen-bond donors (Lipinski definition) is 2. The van der Waals surface area contributed by atoms with Gasteiger partial charge in [-0.05, 0) is 6.92 Å². The molecule has 1 amide bonds. The summed E-state index contributed by atoms with van der Waals surface area (Å²) in [5, 5.41) is 6.09. The Labute approximate surface area is 97.4 Å². The SMILES string of the molecule is CC(N)C(=O)Nc1cnn(CC(F)F)c1.Cl. The molecular weight excluding hydrogens is 242 g/mol. The highest BCUT2D eigenvalue weighted by Crippen LogP contribution is 2.06. The van der Waals surface area contributed by atoms with Crippen molar-refractivity contribution in [3.63, 3.8) is 0 Å². The summed E-state index contributed by atoms with van der Waals surface area (Å²) in [6, 6.07) is -0.650. The first-order chi connectivity index (χ1) is 6.99. The van der Waals surface area contributed by atoms with Gasteiger partial charge < -0.3 is 11.1 Å². The van der Waals surface area contributed by atoms with Gasteiger partial charge in [0.25, 0.3) is 6.43 Å². The molecule has 3 N–H and O–H groups in total. The van der Waals surface area contributed by atoms with Gasteiger partial charge in [-0.2, -0.15) is 5.10 Å². The average Bonchev–Trinajstić information content (AvgIpc) is 2.51. The molecule has 0 aliphatic rings. The lowest BCUT2D eigenvalue weighted by Crippen LogP contribution is -2.32. The van der Waals surface area contributed by atoms with Crippen LogP contribution in [0.4, 0.5) is 14.5 Å². The molecule has 16 heavy (non-hydrogen) atoms. The van der Waals surface area contributed by atoms with E-state index in [4.69, 9.17) is 5.73 Å². The van der Waals surface area contributed by atoms with Gasteiger partial charge in [0.1, 0.15) is 6.54 Å². The van der Waals surface area contributed by atoms with Crippen LogP contribution in [-0.2, 0) is 11.3 Å². The van der Waals surface area contributed by atoms with Crippen LogP contribution in [0.2, 0.25) is 0 Å². The van der Waals surface area contributed by atoms with Crippen molar-refractivity contribution in [1.82, 2.24) is 9.78 Å². The van der Waals surface area contributed by atoms with Crippen molar-refractivity contribution in [3.05, 3.63) is 12.4 Å². The van der Waals surface area contributed by atoms with Crippen LogP contribution in [0.3, 0.4) is 0 Å². The van der Waals surface area contributed by atoms with Crippen molar-refractivity contribution in [2.24, 2.45) is 5.73 Å². The van der Waals surface area contributed by atoms with Crippen molar-refractivity contribution in [2.45, 2.75) is 25.9 Å². The third-order valence-corrected chi connectivity index (χ3v) is 1.64. The van der Waals surface area contributed by atoms with E-state index in [2.05, 4.69) is 10.4 Å². The zero-order valence-corrected chi connectivity index (χ0v) is 9.38. The number of anilines is 1. The Bertz CT molecular complexity index is 343. The van der Waals surface area contributed by atoms with E-state index in [-0.39, 0.29) is 18.3 Å². The molecule has 8 heteroatoms. The van der Waals surface area contributed by atoms with E-state index < -0.39 is 19.0 Å². The minimum Gasteiger partial charge on any atom is -0.322 e. The molecule has 1 rings (SSSR count). The molecule has 1 unspecified atom stereocenters. The molecule has 0 aromatic carbocycles. The second kappa shape index (κ2) is 6.39. The molecule has 1 heterocycles. The molecule has 0 saturated carbocycles. The van der Waals surface area contributed by atoms with E-state index in [1.807, 2.05) is 0 Å². The predicted molar refractivity (Wildman–Crippen MR) is 57.8 cm³/mol. The number of nitrogens with zero attached hydrogens (tertiary/aromatic N) is 2. The molecular formula is C8H13ClF2N4O. The fourth-order valence-electron chi connectivity index (χ4n) is 0.925. The summed E-state index contributed by atoms with van der Waals surface area (Å²) in [6.45, 7) is 1.03. The topological polar surface area (TPSA) is 72.9 Å². The number of alkyl halides is 2. The molecule has 0 saturated heterocycles. The smallest absolute Gasteiger partial charge is 0.257 e. The highest BCUT2D eigenvalue weighted by Gasteiger charge is 2.10. The Hall–Kier alpha value is -1.21. The largest absolute Gasteiger partial charge is 0.322 e. The molecule has 92 valence electrons. The van der Waals surface area contributed by atoms with Gasteiger partial charge in [0.2, 0.25) is 5.91 Å². The van der Waals surface area contributed by atoms with Crippen LogP contribution >= 0.6 is 12.4 Å². The van der Waals surface area contributed by atoms with Crippen molar-refractivity contribution in [3.8, 4) is 0 Å². The average molecular weight is 255 g/mol. The fraction of sp³-hybridized carbons (Fsp3) is 0.500. The standard InChI is InChI=1S/C8H12F2N4O.ClH/c1-5(11)8(15)13-6-2-12-14(3-6)4-7(9)10;/h2-3,5,7H,4,11H2,1H3,(H,13,15);1H. The van der Waals surface area contributed by atoms with Gasteiger partial charge >= 0.3 is 0 Å². The maximum Gasteiger partial charge on any atom is 0.257 e. The first-order valence-electron chi connectivity index (χ1n) is 4.36. The van der Waals surface area contributed by atoms with E-state index >= 15 is 0 Å². The summed E-state index contributed by atoms with van der Waals surface area (Å²) in [5.41, 5.74) is 5.67. The van der Waals surface area contributed by atoms with Gasteiger partial charge in [0, 0.05) is 6.20 Å². The third kappa shape index (κ3) is 4.54. The first-order valence-corrected chi connectivity index (χ1v) is 4.36. The molecule has 0 spiro atoms. The summed E-state index contributed by atoms with van der Waals surface area (Å²) in [5.74, 6) is -0.383. The molecule has 0 radical (unpaired) electrons. The molecule has 1 aromatic heterocycles. The summed E-state index contributed by atoms with van der Waals surface area (Å²) in [6.07, 6.45) is 0.150. The molecule has 0 aliphatic heterocycles. The number of rotatable bonds is 4. The summed E-state index contributed by atoms with van der Waals surface area (Å²) in [7, 11) is 0. The van der Waals surface area contributed by atoms with Gasteiger partial charge in [-0.3, -0.25) is 9.48 Å². The van der Waals surface area contributed by atoms with Gasteiger partial charge in [0.15, 0.2) is 0 Å². The predicted octanol–water partition coefficient (Wildman–Crippen LogP) is 0.856. The van der Waals surface area contributed by atoms with Crippen molar-refractivity contribution >= 4 is 24.0 Å². The lowest BCUT2D eigenvalue weighted by Gasteiger charge is -2.04. The van der Waals surface area contributed by atoms with Crippen LogP contribution in [0, 0.1) is 0 Å². The highest BCUT2D eigenvalue weighted by molar-refractivity contribution is 5.94. The van der Waals surface area contributed by atoms with E-state index in [0.29, 0.717) is 5.69 Å². The quantitative estimate of drug-likeness (QED) is 0.837. The Balaban J connectivity index is 0.00000225. The Morgan fingerprint density at radius 2 is 2.31 bits per heavy atom. The van der Waals surface area contributed by atoms with Crippen LogP contribution in [0.1, 0.15) is 6.92 Å². The fourth-order valence-corrected chi connectivity index (χ4v) is 0.925. The monoisotopic (exact) mass is 254 g/mol. The van der Waals surface area contributed by atoms with Crippen LogP contribution in [0.15, 0.2) is 12.4 Å². The van der Waals surface area contributed by atoms with Gasteiger partial charge in [0.05, 0.1) is 17.9 Å². The number of carbonyl (C=O) groups excluding carboxylic acids is 1. The molecule has 0 aliphatic carbocycles. The van der Waals surface area contributed by atoms with E-state index in [1.165, 1.54) is 19.3 Å². The molecule has 0 bridgehead atoms. The Morgan fingerprint density at radius 1 is 1.69 bits per heavy atom. The van der Waals surface area contributed by atoms with E-state index in [9.17, 15) is 13.6 Å². The van der Waals surface area contributed by atoms with Crippen LogP contribution in [0.5, 0.6) is 0 Å². The number of aromatic nitrogens is 2. The summed E-state index contributed by atoms with van der Waals surface area (Å²) < 4.78 is 25.0. The van der Waals surface area contributed by atoms with Crippen LogP contribution < -0.4 is 11.1 Å². The van der Waals surface area contributed by atoms with E-state index in [1.54, 1.807) is 0 Å². The van der Waals surface area contributed by atoms with Crippen molar-refractivity contribution in [2.75, 3.05) is 5.32 Å². The minimum atomic E-state index is -2.47. The Morgan fingerprint density at radius 3 is 2.81 bits per heavy atom. The first kappa shape index (κ1) is 14.8. The van der Waals surface area contributed by atoms with Crippen LogP contribution in [-0.4, -0.2) is 28.2 Å². The number of hydrogen-bond acceptors (Lipinski definition) is 3. The van der Waals surface area contributed by atoms with Gasteiger partial charge in [-0.1, -0.05) is 0 Å². The second-order valence-electron chi connectivity index (χ2n) is 3.12. The molecule has 1 atom stereocenters. The summed E-state index contributed by atoms with van der Waals surface area (Å²) in [4.78, 5) is 11.1. The van der Waals surface area contributed by atoms with Crippen molar-refractivity contribution < 1.29 is 13.6 Å². The molecule has 1 aromatic rings. The van der Waals surface area contributed by atoms with Gasteiger partial charge in [-0.25, -0.2) is 8.78 Å². The minimum absolute atomic E-state index is 0. The summed E-state index contributed by atoms with van der Waals surface area (Å²) >= 11 is 0. The third-order valence-electron chi connectivity index (χ3n) is 1.64. The number of amides is 1. The van der Waals surface area contributed by atoms with Gasteiger partial charge in [-0.15, -0.1) is 12.4 Å². The van der Waals surface area contributed by atoms with Crippen molar-refractivity contribution in [1.29, 1.82) is 0 Å². The molecule has 5 nitrogen and oxygen atoms in total. The highest BCUT2D eigenvalue weighted by atomic mass is 35.5. The Kier molecular flexibility index (Phi) is 5.91. The molecule has 0 fully saturated rings.